The number of para-hydroxylation sites is 1. The van der Waals surface area contributed by atoms with Gasteiger partial charge in [-0.2, -0.15) is 0 Å². The first-order valence-electron chi connectivity index (χ1n) is 8.15. The standard InChI is InChI=1S/C21H26O3/c1-20(2,3)14-11-12-18(16(13-14)21(4,5)6)24-19(23)15-9-7-8-10-17(15)22/h7-13,22H,1-6H3. The Kier molecular flexibility index (Phi) is 4.75. The van der Waals surface area contributed by atoms with Crippen molar-refractivity contribution < 1.29 is 14.6 Å². The Hall–Kier alpha value is -2.29. The molecular formula is C21H26O3. The molecule has 1 N–H and O–H groups in total. The second-order valence-corrected chi connectivity index (χ2v) is 8.12. The van der Waals surface area contributed by atoms with Crippen LogP contribution in [0.25, 0.3) is 0 Å². The Morgan fingerprint density at radius 2 is 1.54 bits per heavy atom. The normalized spacial score (nSPS) is 12.1. The summed E-state index contributed by atoms with van der Waals surface area (Å²) >= 11 is 0. The number of ether oxygens (including phenoxy) is 1. The van der Waals surface area contributed by atoms with Crippen molar-refractivity contribution in [2.75, 3.05) is 0 Å². The third-order valence-electron chi connectivity index (χ3n) is 3.98. The highest BCUT2D eigenvalue weighted by Gasteiger charge is 2.25. The number of aromatic hydroxyl groups is 1. The van der Waals surface area contributed by atoms with Gasteiger partial charge in [0.05, 0.1) is 0 Å². The number of phenolic OH excluding ortho intramolecular Hbond substituents is 1. The van der Waals surface area contributed by atoms with E-state index in [4.69, 9.17) is 4.74 Å². The summed E-state index contributed by atoms with van der Waals surface area (Å²) in [6, 6.07) is 12.3. The fraction of sp³-hybridized carbons (Fsp3) is 0.381. The van der Waals surface area contributed by atoms with E-state index >= 15 is 0 Å². The smallest absolute Gasteiger partial charge is 0.347 e. The molecule has 0 aromatic heterocycles. The first-order valence-corrected chi connectivity index (χ1v) is 8.15. The van der Waals surface area contributed by atoms with Gasteiger partial charge in [-0.15, -0.1) is 0 Å². The van der Waals surface area contributed by atoms with Gasteiger partial charge in [-0.05, 0) is 34.6 Å². The number of carbonyl (C=O) groups excluding carboxylic acids is 1. The molecule has 0 aliphatic carbocycles. The largest absolute Gasteiger partial charge is 0.507 e. The van der Waals surface area contributed by atoms with E-state index in [9.17, 15) is 9.90 Å². The Bertz CT molecular complexity index is 746. The predicted molar refractivity (Wildman–Crippen MR) is 96.9 cm³/mol. The minimum Gasteiger partial charge on any atom is -0.507 e. The van der Waals surface area contributed by atoms with E-state index < -0.39 is 5.97 Å². The summed E-state index contributed by atoms with van der Waals surface area (Å²) in [6.45, 7) is 12.7. The van der Waals surface area contributed by atoms with Gasteiger partial charge in [-0.3, -0.25) is 0 Å². The summed E-state index contributed by atoms with van der Waals surface area (Å²) in [4.78, 5) is 12.4. The van der Waals surface area contributed by atoms with E-state index in [-0.39, 0.29) is 22.1 Å². The number of carbonyl (C=O) groups is 1. The molecule has 0 heterocycles. The third kappa shape index (κ3) is 3.97. The van der Waals surface area contributed by atoms with Gasteiger partial charge >= 0.3 is 5.97 Å². The third-order valence-corrected chi connectivity index (χ3v) is 3.98. The van der Waals surface area contributed by atoms with Crippen LogP contribution in [0.4, 0.5) is 0 Å². The van der Waals surface area contributed by atoms with Gasteiger partial charge in [0.15, 0.2) is 0 Å². The fourth-order valence-corrected chi connectivity index (χ4v) is 2.47. The molecule has 2 rings (SSSR count). The lowest BCUT2D eigenvalue weighted by Crippen LogP contribution is -2.19. The number of phenols is 1. The molecule has 0 aliphatic heterocycles. The van der Waals surface area contributed by atoms with E-state index in [0.717, 1.165) is 5.56 Å². The summed E-state index contributed by atoms with van der Waals surface area (Å²) in [7, 11) is 0. The van der Waals surface area contributed by atoms with Crippen LogP contribution in [0.15, 0.2) is 42.5 Å². The molecule has 0 bridgehead atoms. The summed E-state index contributed by atoms with van der Waals surface area (Å²) in [5.74, 6) is -0.100. The SMILES string of the molecule is CC(C)(C)c1ccc(OC(=O)c2ccccc2O)c(C(C)(C)C)c1. The number of esters is 1. The lowest BCUT2D eigenvalue weighted by atomic mass is 9.80. The van der Waals surface area contributed by atoms with Gasteiger partial charge in [0.2, 0.25) is 0 Å². The highest BCUT2D eigenvalue weighted by Crippen LogP contribution is 2.36. The summed E-state index contributed by atoms with van der Waals surface area (Å²) in [5, 5.41) is 9.84. The maximum atomic E-state index is 12.4. The molecule has 0 aliphatic rings. The predicted octanol–water partition coefficient (Wildman–Crippen LogP) is 5.21. The van der Waals surface area contributed by atoms with Crippen LogP contribution < -0.4 is 4.74 Å². The van der Waals surface area contributed by atoms with Crippen molar-refractivity contribution >= 4 is 5.97 Å². The molecule has 0 spiro atoms. The highest BCUT2D eigenvalue weighted by atomic mass is 16.5. The van der Waals surface area contributed by atoms with E-state index in [1.54, 1.807) is 18.2 Å². The number of rotatable bonds is 2. The summed E-state index contributed by atoms with van der Waals surface area (Å²) in [5.41, 5.74) is 2.17. The number of hydrogen-bond donors (Lipinski definition) is 1. The first-order chi connectivity index (χ1) is 11.0. The zero-order valence-corrected chi connectivity index (χ0v) is 15.3. The van der Waals surface area contributed by atoms with Crippen LogP contribution in [0.1, 0.15) is 63.0 Å². The lowest BCUT2D eigenvalue weighted by Gasteiger charge is -2.26. The van der Waals surface area contributed by atoms with Gasteiger partial charge < -0.3 is 9.84 Å². The molecule has 3 heteroatoms. The van der Waals surface area contributed by atoms with Crippen LogP contribution in [0.5, 0.6) is 11.5 Å². The Balaban J connectivity index is 2.43. The molecule has 0 amide bonds. The van der Waals surface area contributed by atoms with Crippen LogP contribution in [-0.4, -0.2) is 11.1 Å². The average Bonchev–Trinajstić information content (AvgIpc) is 2.45. The Morgan fingerprint density at radius 1 is 0.917 bits per heavy atom. The molecular weight excluding hydrogens is 300 g/mol. The van der Waals surface area contributed by atoms with Crippen molar-refractivity contribution in [3.63, 3.8) is 0 Å². The van der Waals surface area contributed by atoms with Crippen LogP contribution in [0.3, 0.4) is 0 Å². The number of benzene rings is 2. The molecule has 2 aromatic carbocycles. The van der Waals surface area contributed by atoms with Gasteiger partial charge in [0, 0.05) is 5.56 Å². The van der Waals surface area contributed by atoms with Crippen LogP contribution >= 0.6 is 0 Å². The average molecular weight is 326 g/mol. The van der Waals surface area contributed by atoms with Gasteiger partial charge in [0.1, 0.15) is 17.1 Å². The number of hydrogen-bond acceptors (Lipinski definition) is 3. The van der Waals surface area contributed by atoms with Crippen molar-refractivity contribution in [3.8, 4) is 11.5 Å². The van der Waals surface area contributed by atoms with Gasteiger partial charge in [-0.25, -0.2) is 4.79 Å². The van der Waals surface area contributed by atoms with Crippen LogP contribution in [0.2, 0.25) is 0 Å². The maximum absolute atomic E-state index is 12.4. The Labute approximate surface area is 144 Å². The topological polar surface area (TPSA) is 46.5 Å². The highest BCUT2D eigenvalue weighted by molar-refractivity contribution is 5.94. The van der Waals surface area contributed by atoms with Crippen molar-refractivity contribution in [2.45, 2.75) is 52.4 Å². The van der Waals surface area contributed by atoms with Crippen molar-refractivity contribution in [3.05, 3.63) is 59.2 Å². The molecule has 0 radical (unpaired) electrons. The summed E-state index contributed by atoms with van der Waals surface area (Å²) in [6.07, 6.45) is 0. The molecule has 3 nitrogen and oxygen atoms in total. The first kappa shape index (κ1) is 18.1. The zero-order chi connectivity index (χ0) is 18.1. The quantitative estimate of drug-likeness (QED) is 0.609. The molecule has 24 heavy (non-hydrogen) atoms. The van der Waals surface area contributed by atoms with Crippen LogP contribution in [-0.2, 0) is 10.8 Å². The van der Waals surface area contributed by atoms with Gasteiger partial charge in [0.25, 0.3) is 0 Å². The molecule has 0 saturated carbocycles. The minimum atomic E-state index is -0.554. The maximum Gasteiger partial charge on any atom is 0.347 e. The van der Waals surface area contributed by atoms with E-state index in [0.29, 0.717) is 5.75 Å². The van der Waals surface area contributed by atoms with E-state index in [2.05, 4.69) is 47.6 Å². The zero-order valence-electron chi connectivity index (χ0n) is 15.3. The Morgan fingerprint density at radius 3 is 2.08 bits per heavy atom. The molecule has 128 valence electrons. The fourth-order valence-electron chi connectivity index (χ4n) is 2.47. The second-order valence-electron chi connectivity index (χ2n) is 8.12. The van der Waals surface area contributed by atoms with Crippen molar-refractivity contribution in [1.29, 1.82) is 0 Å². The van der Waals surface area contributed by atoms with E-state index in [1.165, 1.54) is 11.6 Å². The van der Waals surface area contributed by atoms with Gasteiger partial charge in [-0.1, -0.05) is 65.8 Å². The molecule has 0 unspecified atom stereocenters. The molecule has 0 fully saturated rings. The molecule has 0 saturated heterocycles. The summed E-state index contributed by atoms with van der Waals surface area (Å²) < 4.78 is 5.61. The van der Waals surface area contributed by atoms with Crippen LogP contribution in [0, 0.1) is 0 Å². The van der Waals surface area contributed by atoms with Crippen molar-refractivity contribution in [1.82, 2.24) is 0 Å². The van der Waals surface area contributed by atoms with Crippen molar-refractivity contribution in [2.24, 2.45) is 0 Å². The second kappa shape index (κ2) is 6.31. The minimum absolute atomic E-state index is 0.0141. The monoisotopic (exact) mass is 326 g/mol. The molecule has 0 atom stereocenters. The molecule has 2 aromatic rings. The van der Waals surface area contributed by atoms with E-state index in [1.807, 2.05) is 12.1 Å². The lowest BCUT2D eigenvalue weighted by molar-refractivity contribution is 0.0728.